The maximum Gasteiger partial charge on any atom is 0.231 e. The minimum absolute atomic E-state index is 0.101. The van der Waals surface area contributed by atoms with E-state index in [-0.39, 0.29) is 11.8 Å². The number of benzene rings is 1. The van der Waals surface area contributed by atoms with Gasteiger partial charge in [0.15, 0.2) is 5.82 Å². The number of carbonyl (C=O) groups is 1. The fraction of sp³-hybridized carbons (Fsp3) is 0.625. The number of methoxy groups -OCH3 is 1. The van der Waals surface area contributed by atoms with E-state index >= 15 is 0 Å². The highest BCUT2D eigenvalue weighted by Crippen LogP contribution is 2.27. The molecule has 1 saturated heterocycles. The molecule has 2 aliphatic rings. The van der Waals surface area contributed by atoms with E-state index < -0.39 is 0 Å². The number of hydrogen-bond acceptors (Lipinski definition) is 6. The number of carbonyl (C=O) groups excluding carboxylic acids is 1. The molecule has 1 saturated carbocycles. The molecule has 0 N–H and O–H groups in total. The predicted molar refractivity (Wildman–Crippen MR) is 116 cm³/mol. The molecular formula is C24H33N3O4. The number of rotatable bonds is 9. The van der Waals surface area contributed by atoms with Gasteiger partial charge in [0.1, 0.15) is 5.75 Å². The van der Waals surface area contributed by atoms with E-state index in [4.69, 9.17) is 14.0 Å². The maximum atomic E-state index is 12.8. The van der Waals surface area contributed by atoms with Gasteiger partial charge in [0.25, 0.3) is 0 Å². The monoisotopic (exact) mass is 427 g/mol. The van der Waals surface area contributed by atoms with Gasteiger partial charge in [-0.05, 0) is 49.3 Å². The molecule has 2 fully saturated rings. The molecule has 7 heteroatoms. The minimum Gasteiger partial charge on any atom is -0.497 e. The van der Waals surface area contributed by atoms with E-state index in [2.05, 4.69) is 10.1 Å². The van der Waals surface area contributed by atoms with Crippen LogP contribution in [0.3, 0.4) is 0 Å². The highest BCUT2D eigenvalue weighted by Gasteiger charge is 2.28. The molecule has 1 amide bonds. The number of hydrogen-bond donors (Lipinski definition) is 0. The van der Waals surface area contributed by atoms with Gasteiger partial charge in [0.2, 0.25) is 11.8 Å². The first-order valence-corrected chi connectivity index (χ1v) is 11.5. The summed E-state index contributed by atoms with van der Waals surface area (Å²) < 4.78 is 16.6. The molecule has 2 aromatic rings. The van der Waals surface area contributed by atoms with Gasteiger partial charge in [0, 0.05) is 26.1 Å². The zero-order chi connectivity index (χ0) is 21.5. The molecule has 1 aliphatic heterocycles. The molecule has 7 nitrogen and oxygen atoms in total. The Morgan fingerprint density at radius 1 is 1.23 bits per heavy atom. The lowest BCUT2D eigenvalue weighted by Crippen LogP contribution is -2.40. The lowest BCUT2D eigenvalue weighted by Gasteiger charge is -2.31. The van der Waals surface area contributed by atoms with Crippen LogP contribution in [0.1, 0.15) is 61.7 Å². The van der Waals surface area contributed by atoms with Crippen LogP contribution in [-0.2, 0) is 22.4 Å². The molecule has 168 valence electrons. The van der Waals surface area contributed by atoms with Crippen molar-refractivity contribution in [3.63, 3.8) is 0 Å². The van der Waals surface area contributed by atoms with Crippen LogP contribution in [0.5, 0.6) is 5.75 Å². The van der Waals surface area contributed by atoms with Gasteiger partial charge >= 0.3 is 0 Å². The van der Waals surface area contributed by atoms with Crippen LogP contribution in [-0.4, -0.2) is 54.4 Å². The third kappa shape index (κ3) is 6.06. The zero-order valence-electron chi connectivity index (χ0n) is 18.4. The zero-order valence-corrected chi connectivity index (χ0v) is 18.4. The SMILES string of the molecule is COc1cccc(CC(=O)N2CCCC(c3nc(CCOCC4CCCC4)no3)C2)c1. The second kappa shape index (κ2) is 10.8. The number of likely N-dealkylation sites (tertiary alicyclic amines) is 1. The van der Waals surface area contributed by atoms with Gasteiger partial charge in [-0.3, -0.25) is 4.79 Å². The first-order chi connectivity index (χ1) is 15.2. The molecule has 31 heavy (non-hydrogen) atoms. The summed E-state index contributed by atoms with van der Waals surface area (Å²) in [4.78, 5) is 19.3. The second-order valence-electron chi connectivity index (χ2n) is 8.73. The second-order valence-corrected chi connectivity index (χ2v) is 8.73. The van der Waals surface area contributed by atoms with Gasteiger partial charge in [0.05, 0.1) is 26.1 Å². The van der Waals surface area contributed by atoms with Crippen LogP contribution < -0.4 is 4.74 Å². The van der Waals surface area contributed by atoms with Crippen molar-refractivity contribution in [1.29, 1.82) is 0 Å². The van der Waals surface area contributed by atoms with Crippen molar-refractivity contribution in [2.45, 2.75) is 57.3 Å². The maximum absolute atomic E-state index is 12.8. The van der Waals surface area contributed by atoms with Crippen LogP contribution in [0.25, 0.3) is 0 Å². The fourth-order valence-corrected chi connectivity index (χ4v) is 4.60. The van der Waals surface area contributed by atoms with E-state index in [1.165, 1.54) is 25.7 Å². The first kappa shape index (κ1) is 21.8. The Morgan fingerprint density at radius 2 is 2.10 bits per heavy atom. The Bertz CT molecular complexity index is 847. The third-order valence-corrected chi connectivity index (χ3v) is 6.39. The van der Waals surface area contributed by atoms with Crippen LogP contribution >= 0.6 is 0 Å². The first-order valence-electron chi connectivity index (χ1n) is 11.5. The van der Waals surface area contributed by atoms with Gasteiger partial charge in [-0.25, -0.2) is 0 Å². The van der Waals surface area contributed by atoms with Crippen molar-refractivity contribution in [2.24, 2.45) is 5.92 Å². The molecule has 1 aromatic heterocycles. The van der Waals surface area contributed by atoms with Gasteiger partial charge in [-0.1, -0.05) is 30.1 Å². The Labute approximate surface area is 184 Å². The smallest absolute Gasteiger partial charge is 0.231 e. The molecule has 1 unspecified atom stereocenters. The number of piperidine rings is 1. The molecule has 0 radical (unpaired) electrons. The normalized spacial score (nSPS) is 19.6. The van der Waals surface area contributed by atoms with Crippen LogP contribution in [0.4, 0.5) is 0 Å². The Balaban J connectivity index is 1.25. The lowest BCUT2D eigenvalue weighted by molar-refractivity contribution is -0.131. The van der Waals surface area contributed by atoms with E-state index in [0.717, 1.165) is 43.2 Å². The van der Waals surface area contributed by atoms with E-state index in [0.29, 0.717) is 37.7 Å². The summed E-state index contributed by atoms with van der Waals surface area (Å²) in [5.41, 5.74) is 0.962. The summed E-state index contributed by atoms with van der Waals surface area (Å²) in [6.45, 7) is 2.88. The highest BCUT2D eigenvalue weighted by atomic mass is 16.5. The number of nitrogens with zero attached hydrogens (tertiary/aromatic N) is 3. The molecular weight excluding hydrogens is 394 g/mol. The summed E-state index contributed by atoms with van der Waals surface area (Å²) in [7, 11) is 1.64. The van der Waals surface area contributed by atoms with Gasteiger partial charge < -0.3 is 18.9 Å². The number of aromatic nitrogens is 2. The fourth-order valence-electron chi connectivity index (χ4n) is 4.60. The summed E-state index contributed by atoms with van der Waals surface area (Å²) in [5, 5.41) is 4.13. The summed E-state index contributed by atoms with van der Waals surface area (Å²) >= 11 is 0. The molecule has 2 heterocycles. The number of amides is 1. The Kier molecular flexibility index (Phi) is 7.57. The van der Waals surface area contributed by atoms with Crippen LogP contribution in [0, 0.1) is 5.92 Å². The largest absolute Gasteiger partial charge is 0.497 e. The quantitative estimate of drug-likeness (QED) is 0.567. The highest BCUT2D eigenvalue weighted by molar-refractivity contribution is 5.79. The van der Waals surface area contributed by atoms with Crippen molar-refractivity contribution >= 4 is 5.91 Å². The standard InChI is InChI=1S/C24H33N3O4/c1-29-21-10-4-8-19(14-21)15-23(28)27-12-5-9-20(16-27)24-25-22(26-31-24)11-13-30-17-18-6-2-3-7-18/h4,8,10,14,18,20H,2-3,5-7,9,11-13,15-17H2,1H3. The molecule has 0 bridgehead atoms. The molecule has 1 aliphatic carbocycles. The third-order valence-electron chi connectivity index (χ3n) is 6.39. The average molecular weight is 428 g/mol. The summed E-state index contributed by atoms with van der Waals surface area (Å²) in [5.74, 6) is 3.06. The van der Waals surface area contributed by atoms with Crippen molar-refractivity contribution < 1.29 is 18.8 Å². The van der Waals surface area contributed by atoms with Gasteiger partial charge in [-0.2, -0.15) is 4.98 Å². The van der Waals surface area contributed by atoms with E-state index in [1.807, 2.05) is 29.2 Å². The topological polar surface area (TPSA) is 77.7 Å². The van der Waals surface area contributed by atoms with Crippen LogP contribution in [0.2, 0.25) is 0 Å². The molecule has 4 rings (SSSR count). The Hall–Kier alpha value is -2.41. The van der Waals surface area contributed by atoms with Gasteiger partial charge in [-0.15, -0.1) is 0 Å². The Morgan fingerprint density at radius 3 is 2.94 bits per heavy atom. The number of ether oxygens (including phenoxy) is 2. The van der Waals surface area contributed by atoms with Crippen molar-refractivity contribution in [3.05, 3.63) is 41.5 Å². The molecule has 0 spiro atoms. The van der Waals surface area contributed by atoms with Crippen LogP contribution in [0.15, 0.2) is 28.8 Å². The van der Waals surface area contributed by atoms with Crippen molar-refractivity contribution in [3.8, 4) is 5.75 Å². The average Bonchev–Trinajstić information content (AvgIpc) is 3.49. The van der Waals surface area contributed by atoms with Crippen molar-refractivity contribution in [1.82, 2.24) is 15.0 Å². The lowest BCUT2D eigenvalue weighted by atomic mass is 9.97. The molecule has 1 atom stereocenters. The van der Waals surface area contributed by atoms with Crippen molar-refractivity contribution in [2.75, 3.05) is 33.4 Å². The van der Waals surface area contributed by atoms with E-state index in [1.54, 1.807) is 7.11 Å². The summed E-state index contributed by atoms with van der Waals surface area (Å²) in [6.07, 6.45) is 8.20. The molecule has 1 aromatic carbocycles. The minimum atomic E-state index is 0.101. The predicted octanol–water partition coefficient (Wildman–Crippen LogP) is 3.78. The van der Waals surface area contributed by atoms with E-state index in [9.17, 15) is 4.79 Å². The summed E-state index contributed by atoms with van der Waals surface area (Å²) in [6, 6.07) is 7.68.